The van der Waals surface area contributed by atoms with Crippen LogP contribution in [0.3, 0.4) is 0 Å². The third-order valence-corrected chi connectivity index (χ3v) is 1.99. The molecule has 0 bridgehead atoms. The summed E-state index contributed by atoms with van der Waals surface area (Å²) in [5.41, 5.74) is 0.988. The molecule has 3 nitrogen and oxygen atoms in total. The highest BCUT2D eigenvalue weighted by molar-refractivity contribution is 5.72. The Morgan fingerprint density at radius 3 is 2.69 bits per heavy atom. The predicted molar refractivity (Wildman–Crippen MR) is 49.2 cm³/mol. The summed E-state index contributed by atoms with van der Waals surface area (Å²) in [6, 6.07) is 9.74. The quantitative estimate of drug-likeness (QED) is 0.699. The SMILES string of the molecule is O=C1CCC(Nc2ccccc2)O1. The van der Waals surface area contributed by atoms with Crippen molar-refractivity contribution in [2.24, 2.45) is 0 Å². The molecule has 0 spiro atoms. The summed E-state index contributed by atoms with van der Waals surface area (Å²) in [6.45, 7) is 0. The van der Waals surface area contributed by atoms with Crippen LogP contribution >= 0.6 is 0 Å². The molecule has 0 radical (unpaired) electrons. The highest BCUT2D eigenvalue weighted by atomic mass is 16.6. The Hall–Kier alpha value is -1.51. The molecule has 0 saturated carbocycles. The van der Waals surface area contributed by atoms with Gasteiger partial charge >= 0.3 is 5.97 Å². The van der Waals surface area contributed by atoms with E-state index in [1.165, 1.54) is 0 Å². The van der Waals surface area contributed by atoms with Crippen LogP contribution in [0.2, 0.25) is 0 Å². The Bertz CT molecular complexity index is 297. The predicted octanol–water partition coefficient (Wildman–Crippen LogP) is 1.76. The molecule has 1 unspecified atom stereocenters. The van der Waals surface area contributed by atoms with Crippen molar-refractivity contribution in [3.63, 3.8) is 0 Å². The monoisotopic (exact) mass is 177 g/mol. The van der Waals surface area contributed by atoms with Gasteiger partial charge in [0.25, 0.3) is 0 Å². The van der Waals surface area contributed by atoms with Gasteiger partial charge in [0, 0.05) is 12.1 Å². The first-order valence-electron chi connectivity index (χ1n) is 4.36. The number of hydrogen-bond donors (Lipinski definition) is 1. The fourth-order valence-electron chi connectivity index (χ4n) is 1.35. The van der Waals surface area contributed by atoms with Crippen molar-refractivity contribution in [2.75, 3.05) is 5.32 Å². The molecule has 1 aliphatic heterocycles. The molecule has 0 amide bonds. The van der Waals surface area contributed by atoms with Gasteiger partial charge < -0.3 is 10.1 Å². The van der Waals surface area contributed by atoms with Crippen LogP contribution in [0.25, 0.3) is 0 Å². The average molecular weight is 177 g/mol. The third kappa shape index (κ3) is 1.99. The summed E-state index contributed by atoms with van der Waals surface area (Å²) >= 11 is 0. The number of rotatable bonds is 2. The van der Waals surface area contributed by atoms with Crippen molar-refractivity contribution in [3.8, 4) is 0 Å². The molecule has 3 heteroatoms. The summed E-state index contributed by atoms with van der Waals surface area (Å²) < 4.78 is 5.02. The molecule has 1 fully saturated rings. The van der Waals surface area contributed by atoms with E-state index in [-0.39, 0.29) is 12.2 Å². The van der Waals surface area contributed by atoms with Gasteiger partial charge in [-0.1, -0.05) is 18.2 Å². The van der Waals surface area contributed by atoms with Gasteiger partial charge in [-0.3, -0.25) is 4.79 Å². The van der Waals surface area contributed by atoms with Gasteiger partial charge in [0.1, 0.15) is 0 Å². The minimum absolute atomic E-state index is 0.117. The molecule has 1 N–H and O–H groups in total. The van der Waals surface area contributed by atoms with Crippen LogP contribution in [0.15, 0.2) is 30.3 Å². The topological polar surface area (TPSA) is 38.3 Å². The van der Waals surface area contributed by atoms with E-state index in [4.69, 9.17) is 4.74 Å². The summed E-state index contributed by atoms with van der Waals surface area (Å²) in [7, 11) is 0. The second-order valence-electron chi connectivity index (χ2n) is 3.03. The van der Waals surface area contributed by atoms with Gasteiger partial charge in [-0.05, 0) is 12.1 Å². The smallest absolute Gasteiger partial charge is 0.307 e. The zero-order chi connectivity index (χ0) is 9.10. The fraction of sp³-hybridized carbons (Fsp3) is 0.300. The molecule has 68 valence electrons. The number of esters is 1. The normalized spacial score (nSPS) is 21.2. The number of anilines is 1. The number of ether oxygens (including phenoxy) is 1. The Kier molecular flexibility index (Phi) is 2.17. The fourth-order valence-corrected chi connectivity index (χ4v) is 1.35. The maximum atomic E-state index is 10.8. The molecular weight excluding hydrogens is 166 g/mol. The molecule has 1 aromatic rings. The lowest BCUT2D eigenvalue weighted by molar-refractivity contribution is -0.140. The number of carbonyl (C=O) groups is 1. The minimum atomic E-state index is -0.144. The van der Waals surface area contributed by atoms with Crippen LogP contribution in [-0.4, -0.2) is 12.2 Å². The third-order valence-electron chi connectivity index (χ3n) is 1.99. The van der Waals surface area contributed by atoms with Crippen LogP contribution in [0.5, 0.6) is 0 Å². The number of carbonyl (C=O) groups excluding carboxylic acids is 1. The Balaban J connectivity index is 1.96. The molecule has 1 saturated heterocycles. The maximum Gasteiger partial charge on any atom is 0.307 e. The van der Waals surface area contributed by atoms with Gasteiger partial charge in [0.15, 0.2) is 6.23 Å². The van der Waals surface area contributed by atoms with E-state index in [1.54, 1.807) is 0 Å². The Morgan fingerprint density at radius 2 is 2.08 bits per heavy atom. The van der Waals surface area contributed by atoms with E-state index in [0.717, 1.165) is 12.1 Å². The van der Waals surface area contributed by atoms with Gasteiger partial charge in [-0.15, -0.1) is 0 Å². The second kappa shape index (κ2) is 3.47. The summed E-state index contributed by atoms with van der Waals surface area (Å²) in [6.07, 6.45) is 1.13. The van der Waals surface area contributed by atoms with Crippen molar-refractivity contribution < 1.29 is 9.53 Å². The molecule has 1 atom stereocenters. The number of para-hydroxylation sites is 1. The molecule has 13 heavy (non-hydrogen) atoms. The maximum absolute atomic E-state index is 10.8. The molecule has 1 aliphatic rings. The molecule has 1 aromatic carbocycles. The second-order valence-corrected chi connectivity index (χ2v) is 3.03. The van der Waals surface area contributed by atoms with Gasteiger partial charge in [0.2, 0.25) is 0 Å². The van der Waals surface area contributed by atoms with Crippen molar-refractivity contribution in [1.82, 2.24) is 0 Å². The van der Waals surface area contributed by atoms with E-state index in [1.807, 2.05) is 30.3 Å². The zero-order valence-corrected chi connectivity index (χ0v) is 7.19. The minimum Gasteiger partial charge on any atom is -0.442 e. The van der Waals surface area contributed by atoms with Crippen LogP contribution in [0.4, 0.5) is 5.69 Å². The van der Waals surface area contributed by atoms with Crippen LogP contribution in [-0.2, 0) is 9.53 Å². The Morgan fingerprint density at radius 1 is 1.31 bits per heavy atom. The van der Waals surface area contributed by atoms with Gasteiger partial charge in [-0.25, -0.2) is 0 Å². The average Bonchev–Trinajstić information content (AvgIpc) is 2.53. The lowest BCUT2D eigenvalue weighted by Crippen LogP contribution is -2.17. The first kappa shape index (κ1) is 8.10. The van der Waals surface area contributed by atoms with E-state index in [2.05, 4.69) is 5.32 Å². The molecule has 0 aromatic heterocycles. The molecule has 2 rings (SSSR count). The van der Waals surface area contributed by atoms with Crippen molar-refractivity contribution in [1.29, 1.82) is 0 Å². The first-order chi connectivity index (χ1) is 6.34. The van der Waals surface area contributed by atoms with Gasteiger partial charge in [-0.2, -0.15) is 0 Å². The number of nitrogens with one attached hydrogen (secondary N) is 1. The van der Waals surface area contributed by atoms with Crippen molar-refractivity contribution >= 4 is 11.7 Å². The van der Waals surface area contributed by atoms with E-state index < -0.39 is 0 Å². The van der Waals surface area contributed by atoms with Crippen LogP contribution < -0.4 is 5.32 Å². The number of benzene rings is 1. The van der Waals surface area contributed by atoms with E-state index in [9.17, 15) is 4.79 Å². The summed E-state index contributed by atoms with van der Waals surface area (Å²) in [5, 5.41) is 3.13. The van der Waals surface area contributed by atoms with Crippen molar-refractivity contribution in [2.45, 2.75) is 19.1 Å². The largest absolute Gasteiger partial charge is 0.442 e. The van der Waals surface area contributed by atoms with E-state index >= 15 is 0 Å². The zero-order valence-electron chi connectivity index (χ0n) is 7.19. The van der Waals surface area contributed by atoms with Crippen LogP contribution in [0, 0.1) is 0 Å². The van der Waals surface area contributed by atoms with Crippen molar-refractivity contribution in [3.05, 3.63) is 30.3 Å². The number of hydrogen-bond acceptors (Lipinski definition) is 3. The lowest BCUT2D eigenvalue weighted by Gasteiger charge is -2.12. The lowest BCUT2D eigenvalue weighted by atomic mass is 10.3. The van der Waals surface area contributed by atoms with Gasteiger partial charge in [0.05, 0.1) is 6.42 Å². The standard InChI is InChI=1S/C10H11NO2/c12-10-7-6-9(13-10)11-8-4-2-1-3-5-8/h1-5,9,11H,6-7H2. The highest BCUT2D eigenvalue weighted by Gasteiger charge is 2.22. The van der Waals surface area contributed by atoms with Crippen LogP contribution in [0.1, 0.15) is 12.8 Å². The molecular formula is C10H11NO2. The number of cyclic esters (lactones) is 1. The molecule has 0 aliphatic carbocycles. The Labute approximate surface area is 76.7 Å². The molecule has 1 heterocycles. The first-order valence-corrected chi connectivity index (χ1v) is 4.36. The summed E-state index contributed by atoms with van der Waals surface area (Å²) in [5.74, 6) is -0.117. The highest BCUT2D eigenvalue weighted by Crippen LogP contribution is 2.16. The summed E-state index contributed by atoms with van der Waals surface area (Å²) in [4.78, 5) is 10.8. The van der Waals surface area contributed by atoms with E-state index in [0.29, 0.717) is 6.42 Å².